The molecule has 4 heterocycles. The van der Waals surface area contributed by atoms with Gasteiger partial charge in [0.2, 0.25) is 5.88 Å². The number of carbonyl (C=O) groups is 1. The fraction of sp³-hybridized carbons (Fsp3) is 0.400. The predicted molar refractivity (Wildman–Crippen MR) is 108 cm³/mol. The third kappa shape index (κ3) is 3.89. The Bertz CT molecular complexity index is 1120. The molecule has 31 heavy (non-hydrogen) atoms. The molecule has 1 fully saturated rings. The number of aliphatic hydroxyl groups excluding tert-OH is 2. The highest BCUT2D eigenvalue weighted by Crippen LogP contribution is 2.39. The Kier molecular flexibility index (Phi) is 5.70. The van der Waals surface area contributed by atoms with E-state index < -0.39 is 24.4 Å². The number of carbonyl (C=O) groups excluding carboxylic acids is 1. The third-order valence-corrected chi connectivity index (χ3v) is 5.37. The molecule has 1 aliphatic heterocycles. The highest BCUT2D eigenvalue weighted by Gasteiger charge is 2.31. The molecule has 0 aliphatic carbocycles. The van der Waals surface area contributed by atoms with E-state index in [1.165, 1.54) is 17.7 Å². The lowest BCUT2D eigenvalue weighted by atomic mass is 10.1. The zero-order valence-corrected chi connectivity index (χ0v) is 16.9. The standard InChI is InChI=1S/C20H23FN6O4/c1-31-20-13(7-11(21)9-23-20)15-3-2-5-26(15)16-4-6-27-19(24-16)17(18(22)30)14(25-27)8-12(29)10-28/h4,6-7,9,12,15,28-29H,2-3,5,8,10H2,1H3,(H2,22,30)/t12-,15+/m0/s1. The average Bonchev–Trinajstić information content (AvgIpc) is 3.37. The molecule has 0 saturated carbocycles. The maximum absolute atomic E-state index is 13.9. The summed E-state index contributed by atoms with van der Waals surface area (Å²) in [6, 6.07) is 2.95. The van der Waals surface area contributed by atoms with E-state index in [-0.39, 0.29) is 29.4 Å². The summed E-state index contributed by atoms with van der Waals surface area (Å²) in [5, 5.41) is 23.2. The summed E-state index contributed by atoms with van der Waals surface area (Å²) in [7, 11) is 1.49. The fourth-order valence-electron chi connectivity index (χ4n) is 4.02. The topological polar surface area (TPSA) is 139 Å². The summed E-state index contributed by atoms with van der Waals surface area (Å²) in [4.78, 5) is 22.8. The highest BCUT2D eigenvalue weighted by molar-refractivity contribution is 6.00. The first kappa shape index (κ1) is 20.9. The minimum atomic E-state index is -1.07. The first-order valence-corrected chi connectivity index (χ1v) is 9.86. The average molecular weight is 430 g/mol. The molecule has 0 bridgehead atoms. The Balaban J connectivity index is 1.76. The van der Waals surface area contributed by atoms with Gasteiger partial charge in [-0.1, -0.05) is 0 Å². The predicted octanol–water partition coefficient (Wildman–Crippen LogP) is 0.608. The van der Waals surface area contributed by atoms with Crippen LogP contribution in [-0.4, -0.2) is 62.1 Å². The molecule has 2 atom stereocenters. The number of aromatic nitrogens is 4. The summed E-state index contributed by atoms with van der Waals surface area (Å²) < 4.78 is 20.6. The third-order valence-electron chi connectivity index (χ3n) is 5.37. The van der Waals surface area contributed by atoms with Crippen molar-refractivity contribution in [1.29, 1.82) is 0 Å². The van der Waals surface area contributed by atoms with Crippen molar-refractivity contribution in [2.24, 2.45) is 5.73 Å². The molecule has 10 nitrogen and oxygen atoms in total. The number of anilines is 1. The fourth-order valence-corrected chi connectivity index (χ4v) is 4.02. The summed E-state index contributed by atoms with van der Waals surface area (Å²) in [5.74, 6) is -0.265. The van der Waals surface area contributed by atoms with E-state index in [0.29, 0.717) is 23.8 Å². The van der Waals surface area contributed by atoms with Crippen molar-refractivity contribution in [3.05, 3.63) is 47.2 Å². The van der Waals surface area contributed by atoms with Crippen molar-refractivity contribution in [3.63, 3.8) is 0 Å². The number of pyridine rings is 1. The number of ether oxygens (including phenoxy) is 1. The van der Waals surface area contributed by atoms with Gasteiger partial charge in [0.15, 0.2) is 5.65 Å². The Labute approximate surface area is 177 Å². The molecule has 1 aliphatic rings. The van der Waals surface area contributed by atoms with Crippen molar-refractivity contribution >= 4 is 17.4 Å². The Morgan fingerprint density at radius 1 is 1.48 bits per heavy atom. The number of methoxy groups -OCH3 is 1. The van der Waals surface area contributed by atoms with Crippen LogP contribution in [0.2, 0.25) is 0 Å². The minimum absolute atomic E-state index is 0.0357. The van der Waals surface area contributed by atoms with Gasteiger partial charge in [0.25, 0.3) is 5.91 Å². The lowest BCUT2D eigenvalue weighted by Gasteiger charge is -2.26. The van der Waals surface area contributed by atoms with Crippen LogP contribution in [0, 0.1) is 5.82 Å². The van der Waals surface area contributed by atoms with Gasteiger partial charge < -0.3 is 25.6 Å². The first-order chi connectivity index (χ1) is 14.9. The molecule has 164 valence electrons. The number of halogens is 1. The van der Waals surface area contributed by atoms with Crippen LogP contribution in [-0.2, 0) is 6.42 Å². The molecule has 4 N–H and O–H groups in total. The molecule has 0 radical (unpaired) electrons. The number of nitrogens with zero attached hydrogens (tertiary/aromatic N) is 5. The number of hydrogen-bond acceptors (Lipinski definition) is 8. The Morgan fingerprint density at radius 3 is 3.00 bits per heavy atom. The molecule has 4 rings (SSSR count). The van der Waals surface area contributed by atoms with Gasteiger partial charge >= 0.3 is 0 Å². The largest absolute Gasteiger partial charge is 0.481 e. The molecule has 1 amide bonds. The van der Waals surface area contributed by atoms with Crippen LogP contribution < -0.4 is 15.4 Å². The van der Waals surface area contributed by atoms with Crippen LogP contribution in [0.1, 0.15) is 40.5 Å². The molecule has 1 saturated heterocycles. The quantitative estimate of drug-likeness (QED) is 0.495. The van der Waals surface area contributed by atoms with Crippen molar-refractivity contribution in [2.45, 2.75) is 31.4 Å². The Morgan fingerprint density at radius 2 is 2.29 bits per heavy atom. The van der Waals surface area contributed by atoms with Crippen LogP contribution in [0.5, 0.6) is 5.88 Å². The maximum Gasteiger partial charge on any atom is 0.254 e. The first-order valence-electron chi connectivity index (χ1n) is 9.86. The number of nitrogens with two attached hydrogens (primary N) is 1. The molecule has 0 unspecified atom stereocenters. The van der Waals surface area contributed by atoms with Crippen molar-refractivity contribution in [3.8, 4) is 5.88 Å². The van der Waals surface area contributed by atoms with Gasteiger partial charge in [0, 0.05) is 24.7 Å². The lowest BCUT2D eigenvalue weighted by molar-refractivity contribution is 0.0934. The monoisotopic (exact) mass is 430 g/mol. The van der Waals surface area contributed by atoms with Gasteiger partial charge in [-0.25, -0.2) is 18.9 Å². The molecular weight excluding hydrogens is 407 g/mol. The SMILES string of the molecule is COc1ncc(F)cc1[C@H]1CCCN1c1ccn2nc(C[C@H](O)CO)c(C(N)=O)c2n1. The van der Waals surface area contributed by atoms with Crippen molar-refractivity contribution in [1.82, 2.24) is 19.6 Å². The van der Waals surface area contributed by atoms with Gasteiger partial charge in [0.1, 0.15) is 17.2 Å². The zero-order chi connectivity index (χ0) is 22.1. The summed E-state index contributed by atoms with van der Waals surface area (Å²) in [6.07, 6.45) is 3.26. The smallest absolute Gasteiger partial charge is 0.254 e. The van der Waals surface area contributed by atoms with Crippen molar-refractivity contribution < 1.29 is 24.1 Å². The second-order valence-electron chi connectivity index (χ2n) is 7.38. The number of hydrogen-bond donors (Lipinski definition) is 3. The van der Waals surface area contributed by atoms with E-state index in [0.717, 1.165) is 19.0 Å². The van der Waals surface area contributed by atoms with E-state index >= 15 is 0 Å². The molecular formula is C20H23FN6O4. The second kappa shape index (κ2) is 8.44. The molecule has 11 heteroatoms. The van der Waals surface area contributed by atoms with Crippen LogP contribution in [0.4, 0.5) is 10.2 Å². The number of aliphatic hydroxyl groups is 2. The number of fused-ring (bicyclic) bond motifs is 1. The number of rotatable bonds is 7. The van der Waals surface area contributed by atoms with Crippen LogP contribution in [0.15, 0.2) is 24.5 Å². The molecule has 3 aromatic rings. The second-order valence-corrected chi connectivity index (χ2v) is 7.38. The lowest BCUT2D eigenvalue weighted by Crippen LogP contribution is -2.24. The van der Waals surface area contributed by atoms with Crippen molar-refractivity contribution in [2.75, 3.05) is 25.2 Å². The van der Waals surface area contributed by atoms with E-state index in [1.807, 2.05) is 4.90 Å². The van der Waals surface area contributed by atoms with Crippen LogP contribution in [0.3, 0.4) is 0 Å². The maximum atomic E-state index is 13.9. The van der Waals surface area contributed by atoms with Gasteiger partial charge in [-0.05, 0) is 25.0 Å². The molecule has 3 aromatic heterocycles. The number of amides is 1. The summed E-state index contributed by atoms with van der Waals surface area (Å²) in [5.41, 5.74) is 6.78. The van der Waals surface area contributed by atoms with Gasteiger partial charge in [-0.3, -0.25) is 4.79 Å². The number of primary amides is 1. The van der Waals surface area contributed by atoms with E-state index in [2.05, 4.69) is 15.1 Å². The zero-order valence-electron chi connectivity index (χ0n) is 16.9. The Hall–Kier alpha value is -3.31. The van der Waals surface area contributed by atoms with Gasteiger partial charge in [-0.2, -0.15) is 5.10 Å². The van der Waals surface area contributed by atoms with Gasteiger partial charge in [-0.15, -0.1) is 0 Å². The molecule has 0 spiro atoms. The summed E-state index contributed by atoms with van der Waals surface area (Å²) in [6.45, 7) is 0.202. The van der Waals surface area contributed by atoms with E-state index in [1.54, 1.807) is 12.3 Å². The van der Waals surface area contributed by atoms with Crippen LogP contribution >= 0.6 is 0 Å². The minimum Gasteiger partial charge on any atom is -0.481 e. The normalized spacial score (nSPS) is 17.3. The van der Waals surface area contributed by atoms with Gasteiger partial charge in [0.05, 0.1) is 37.8 Å². The molecule has 0 aromatic carbocycles. The highest BCUT2D eigenvalue weighted by atomic mass is 19.1. The van der Waals surface area contributed by atoms with Crippen LogP contribution in [0.25, 0.3) is 5.65 Å². The van der Waals surface area contributed by atoms with E-state index in [4.69, 9.17) is 15.6 Å². The van der Waals surface area contributed by atoms with E-state index in [9.17, 15) is 14.3 Å². The summed E-state index contributed by atoms with van der Waals surface area (Å²) >= 11 is 0.